The number of nitrogens with zero attached hydrogens (tertiary/aromatic N) is 1. The van der Waals surface area contributed by atoms with E-state index in [0.29, 0.717) is 17.9 Å². The Labute approximate surface area is 160 Å². The zero-order valence-electron chi connectivity index (χ0n) is 15.3. The SMILES string of the molecule is CS(=O)(=O)NCC1CCCCN1C(=O)c1ccc(Oc2ccccc2)cc1. The predicted molar refractivity (Wildman–Crippen MR) is 104 cm³/mol. The molecule has 0 spiro atoms. The van der Waals surface area contributed by atoms with E-state index in [1.807, 2.05) is 30.3 Å². The molecule has 0 radical (unpaired) electrons. The number of amides is 1. The average molecular weight is 388 g/mol. The number of nitrogens with one attached hydrogen (secondary N) is 1. The summed E-state index contributed by atoms with van der Waals surface area (Å²) >= 11 is 0. The van der Waals surface area contributed by atoms with Crippen molar-refractivity contribution in [2.45, 2.75) is 25.3 Å². The van der Waals surface area contributed by atoms with Gasteiger partial charge in [0.05, 0.1) is 6.26 Å². The first kappa shape index (κ1) is 19.4. The van der Waals surface area contributed by atoms with Crippen LogP contribution in [-0.4, -0.2) is 44.6 Å². The molecular weight excluding hydrogens is 364 g/mol. The monoisotopic (exact) mass is 388 g/mol. The predicted octanol–water partition coefficient (Wildman–Crippen LogP) is 3.02. The van der Waals surface area contributed by atoms with Gasteiger partial charge in [0.1, 0.15) is 11.5 Å². The van der Waals surface area contributed by atoms with Gasteiger partial charge >= 0.3 is 0 Å². The third-order valence-corrected chi connectivity index (χ3v) is 5.24. The Morgan fingerprint density at radius 1 is 1.07 bits per heavy atom. The number of sulfonamides is 1. The van der Waals surface area contributed by atoms with Gasteiger partial charge in [-0.3, -0.25) is 4.79 Å². The Balaban J connectivity index is 1.68. The van der Waals surface area contributed by atoms with Crippen molar-refractivity contribution in [1.29, 1.82) is 0 Å². The molecule has 27 heavy (non-hydrogen) atoms. The highest BCUT2D eigenvalue weighted by Crippen LogP contribution is 2.23. The maximum Gasteiger partial charge on any atom is 0.254 e. The standard InChI is InChI=1S/C20H24N2O4S/c1-27(24,25)21-15-17-7-5-6-14-22(17)20(23)16-10-12-19(13-11-16)26-18-8-3-2-4-9-18/h2-4,8-13,17,21H,5-7,14-15H2,1H3. The van der Waals surface area contributed by atoms with Crippen molar-refractivity contribution < 1.29 is 17.9 Å². The first-order valence-electron chi connectivity index (χ1n) is 9.01. The number of benzene rings is 2. The van der Waals surface area contributed by atoms with Crippen molar-refractivity contribution in [3.05, 3.63) is 60.2 Å². The molecule has 1 aliphatic heterocycles. The van der Waals surface area contributed by atoms with Crippen LogP contribution in [0.1, 0.15) is 29.6 Å². The van der Waals surface area contributed by atoms with Gasteiger partial charge in [-0.2, -0.15) is 0 Å². The van der Waals surface area contributed by atoms with Crippen molar-refractivity contribution in [1.82, 2.24) is 9.62 Å². The van der Waals surface area contributed by atoms with Crippen molar-refractivity contribution in [2.24, 2.45) is 0 Å². The smallest absolute Gasteiger partial charge is 0.254 e. The van der Waals surface area contributed by atoms with E-state index < -0.39 is 10.0 Å². The van der Waals surface area contributed by atoms with Crippen LogP contribution in [-0.2, 0) is 10.0 Å². The molecule has 0 bridgehead atoms. The van der Waals surface area contributed by atoms with Gasteiger partial charge in [-0.1, -0.05) is 18.2 Å². The van der Waals surface area contributed by atoms with E-state index in [-0.39, 0.29) is 18.5 Å². The third kappa shape index (κ3) is 5.55. The van der Waals surface area contributed by atoms with Crippen LogP contribution in [0.5, 0.6) is 11.5 Å². The van der Waals surface area contributed by atoms with E-state index >= 15 is 0 Å². The Bertz CT molecular complexity index is 867. The zero-order chi connectivity index (χ0) is 19.3. The number of piperidine rings is 1. The van der Waals surface area contributed by atoms with Crippen molar-refractivity contribution in [3.8, 4) is 11.5 Å². The Kier molecular flexibility index (Phi) is 6.13. The van der Waals surface area contributed by atoms with Gasteiger partial charge in [-0.05, 0) is 55.7 Å². The van der Waals surface area contributed by atoms with Crippen LogP contribution in [0.15, 0.2) is 54.6 Å². The quantitative estimate of drug-likeness (QED) is 0.825. The fraction of sp³-hybridized carbons (Fsp3) is 0.350. The largest absolute Gasteiger partial charge is 0.457 e. The fourth-order valence-corrected chi connectivity index (χ4v) is 3.68. The summed E-state index contributed by atoms with van der Waals surface area (Å²) < 4.78 is 31.0. The van der Waals surface area contributed by atoms with Crippen LogP contribution in [0.2, 0.25) is 0 Å². The summed E-state index contributed by atoms with van der Waals surface area (Å²) in [7, 11) is -3.28. The van der Waals surface area contributed by atoms with Gasteiger partial charge in [0.15, 0.2) is 0 Å². The molecule has 1 amide bonds. The van der Waals surface area contributed by atoms with Crippen molar-refractivity contribution in [3.63, 3.8) is 0 Å². The number of hydrogen-bond acceptors (Lipinski definition) is 4. The molecular formula is C20H24N2O4S. The first-order valence-corrected chi connectivity index (χ1v) is 10.9. The third-order valence-electron chi connectivity index (χ3n) is 4.55. The molecule has 1 N–H and O–H groups in total. The van der Waals surface area contributed by atoms with Crippen molar-refractivity contribution in [2.75, 3.05) is 19.3 Å². The summed E-state index contributed by atoms with van der Waals surface area (Å²) in [6, 6.07) is 16.4. The molecule has 1 fully saturated rings. The molecule has 1 atom stereocenters. The molecule has 0 aliphatic carbocycles. The van der Waals surface area contributed by atoms with Crippen LogP contribution in [0, 0.1) is 0 Å². The van der Waals surface area contributed by atoms with Gasteiger partial charge in [-0.15, -0.1) is 0 Å². The molecule has 2 aromatic rings. The minimum Gasteiger partial charge on any atom is -0.457 e. The van der Waals surface area contributed by atoms with E-state index in [4.69, 9.17) is 4.74 Å². The molecule has 0 saturated carbocycles. The number of likely N-dealkylation sites (tertiary alicyclic amines) is 1. The Morgan fingerprint density at radius 3 is 2.41 bits per heavy atom. The summed E-state index contributed by atoms with van der Waals surface area (Å²) in [5, 5.41) is 0. The number of hydrogen-bond donors (Lipinski definition) is 1. The first-order chi connectivity index (χ1) is 12.9. The minimum atomic E-state index is -3.28. The van der Waals surface area contributed by atoms with Crippen LogP contribution in [0.3, 0.4) is 0 Å². The van der Waals surface area contributed by atoms with Gasteiger partial charge in [0.2, 0.25) is 10.0 Å². The van der Waals surface area contributed by atoms with Gasteiger partial charge < -0.3 is 9.64 Å². The molecule has 3 rings (SSSR count). The van der Waals surface area contributed by atoms with Gasteiger partial charge in [-0.25, -0.2) is 13.1 Å². The van der Waals surface area contributed by atoms with Gasteiger partial charge in [0, 0.05) is 24.7 Å². The van der Waals surface area contributed by atoms with E-state index in [9.17, 15) is 13.2 Å². The Morgan fingerprint density at radius 2 is 1.74 bits per heavy atom. The molecule has 0 aromatic heterocycles. The molecule has 2 aromatic carbocycles. The lowest BCUT2D eigenvalue weighted by atomic mass is 10.0. The highest BCUT2D eigenvalue weighted by Gasteiger charge is 2.28. The summed E-state index contributed by atoms with van der Waals surface area (Å²) in [6.45, 7) is 0.886. The molecule has 1 unspecified atom stereocenters. The highest BCUT2D eigenvalue weighted by molar-refractivity contribution is 7.88. The lowest BCUT2D eigenvalue weighted by Crippen LogP contribution is -2.49. The molecule has 144 valence electrons. The summed E-state index contributed by atoms with van der Waals surface area (Å²) in [5.41, 5.74) is 0.571. The number of rotatable bonds is 6. The summed E-state index contributed by atoms with van der Waals surface area (Å²) in [4.78, 5) is 14.7. The van der Waals surface area contributed by atoms with Crippen molar-refractivity contribution >= 4 is 15.9 Å². The zero-order valence-corrected chi connectivity index (χ0v) is 16.1. The van der Waals surface area contributed by atoms with Crippen LogP contribution in [0.25, 0.3) is 0 Å². The average Bonchev–Trinajstić information content (AvgIpc) is 2.67. The fourth-order valence-electron chi connectivity index (χ4n) is 3.18. The molecule has 7 heteroatoms. The number of carbonyl (C=O) groups is 1. The molecule has 1 saturated heterocycles. The lowest BCUT2D eigenvalue weighted by Gasteiger charge is -2.35. The van der Waals surface area contributed by atoms with E-state index in [1.54, 1.807) is 29.2 Å². The van der Waals surface area contributed by atoms with Crippen LogP contribution in [0.4, 0.5) is 0 Å². The molecule has 1 aliphatic rings. The van der Waals surface area contributed by atoms with Crippen LogP contribution < -0.4 is 9.46 Å². The second-order valence-electron chi connectivity index (χ2n) is 6.71. The lowest BCUT2D eigenvalue weighted by molar-refractivity contribution is 0.0619. The Hall–Kier alpha value is -2.38. The summed E-state index contributed by atoms with van der Waals surface area (Å²) in [5.74, 6) is 1.31. The van der Waals surface area contributed by atoms with E-state index in [2.05, 4.69) is 4.72 Å². The second-order valence-corrected chi connectivity index (χ2v) is 8.54. The van der Waals surface area contributed by atoms with E-state index in [1.165, 1.54) is 0 Å². The highest BCUT2D eigenvalue weighted by atomic mass is 32.2. The van der Waals surface area contributed by atoms with E-state index in [0.717, 1.165) is 31.3 Å². The normalized spacial score (nSPS) is 17.5. The number of para-hydroxylation sites is 1. The molecule has 6 nitrogen and oxygen atoms in total. The topological polar surface area (TPSA) is 75.7 Å². The minimum absolute atomic E-state index is 0.0822. The summed E-state index contributed by atoms with van der Waals surface area (Å²) in [6.07, 6.45) is 3.84. The second kappa shape index (κ2) is 8.54. The maximum absolute atomic E-state index is 12.9. The number of carbonyl (C=O) groups excluding carboxylic acids is 1. The van der Waals surface area contributed by atoms with Gasteiger partial charge in [0.25, 0.3) is 5.91 Å². The number of ether oxygens (including phenoxy) is 1. The molecule has 1 heterocycles. The maximum atomic E-state index is 12.9. The van der Waals surface area contributed by atoms with Crippen LogP contribution >= 0.6 is 0 Å².